The average molecular weight is 630 g/mol. The van der Waals surface area contributed by atoms with Crippen molar-refractivity contribution in [1.29, 1.82) is 0 Å². The van der Waals surface area contributed by atoms with E-state index in [1.165, 1.54) is 42.4 Å². The fourth-order valence-electron chi connectivity index (χ4n) is 6.70. The molecule has 0 N–H and O–H groups in total. The zero-order chi connectivity index (χ0) is 32.5. The Morgan fingerprint density at radius 1 is 0.532 bits per heavy atom. The molecule has 0 saturated heterocycles. The van der Waals surface area contributed by atoms with Gasteiger partial charge in [-0.3, -0.25) is 0 Å². The van der Waals surface area contributed by atoms with Crippen LogP contribution in [0.25, 0.3) is 53.2 Å². The first-order chi connectivity index (χ1) is 22.6. The predicted octanol–water partition coefficient (Wildman–Crippen LogP) is 13.7. The lowest BCUT2D eigenvalue weighted by molar-refractivity contribution is 0.590. The van der Waals surface area contributed by atoms with Crippen molar-refractivity contribution >= 4 is 70.5 Å². The van der Waals surface area contributed by atoms with Gasteiger partial charge in [0.1, 0.15) is 5.58 Å². The van der Waals surface area contributed by atoms with Crippen LogP contribution in [0, 0.1) is 0 Å². The molecule has 0 bridgehead atoms. The van der Waals surface area contributed by atoms with Gasteiger partial charge in [0.05, 0.1) is 10.4 Å². The zero-order valence-corrected chi connectivity index (χ0v) is 28.7. The fraction of sp³-hybridized carbons (Fsp3) is 0.182. The maximum Gasteiger partial charge on any atom is 0.153 e. The molecule has 2 heterocycles. The van der Waals surface area contributed by atoms with Crippen LogP contribution in [-0.2, 0) is 10.8 Å². The van der Waals surface area contributed by atoms with Gasteiger partial charge in [-0.2, -0.15) is 0 Å². The van der Waals surface area contributed by atoms with Crippen molar-refractivity contribution in [3.8, 4) is 11.1 Å². The summed E-state index contributed by atoms with van der Waals surface area (Å²) in [6.45, 7) is 13.7. The van der Waals surface area contributed by atoms with E-state index in [2.05, 4.69) is 174 Å². The van der Waals surface area contributed by atoms with Crippen LogP contribution in [0.3, 0.4) is 0 Å². The number of hydrogen-bond donors (Lipinski definition) is 0. The molecule has 0 saturated carbocycles. The molecule has 8 aromatic rings. The number of hydrogen-bond acceptors (Lipinski definition) is 3. The van der Waals surface area contributed by atoms with Gasteiger partial charge in [0.25, 0.3) is 0 Å². The van der Waals surface area contributed by atoms with Crippen molar-refractivity contribution < 1.29 is 4.42 Å². The van der Waals surface area contributed by atoms with Gasteiger partial charge in [-0.15, -0.1) is 11.3 Å². The van der Waals surface area contributed by atoms with E-state index in [0.717, 1.165) is 39.0 Å². The summed E-state index contributed by atoms with van der Waals surface area (Å²) >= 11 is 1.84. The third-order valence-corrected chi connectivity index (χ3v) is 10.5. The van der Waals surface area contributed by atoms with Crippen molar-refractivity contribution in [3.05, 3.63) is 139 Å². The smallest absolute Gasteiger partial charge is 0.153 e. The molecule has 8 rings (SSSR count). The minimum absolute atomic E-state index is 0.0296. The van der Waals surface area contributed by atoms with E-state index in [0.29, 0.717) is 0 Å². The lowest BCUT2D eigenvalue weighted by atomic mass is 9.86. The number of thiophene rings is 1. The SMILES string of the molecule is CC(C)(C)c1ccc2oc3c(cc(N(c4ccccc4)c4ccc(-c5ccccc5)cc4)c4c5cc(C(C)(C)C)ccc5sc34)c2c1. The van der Waals surface area contributed by atoms with Gasteiger partial charge in [0.2, 0.25) is 0 Å². The zero-order valence-electron chi connectivity index (χ0n) is 27.9. The molecule has 3 heteroatoms. The standard InChI is InChI=1S/C44H39NOS/c1-43(2,3)30-19-23-38-34(25-30)35-27-37(40-36-26-31(44(4,5)6)20-24-39(36)47-42(40)41(35)46-38)45(32-15-11-8-12-16-32)33-21-17-29(18-22-33)28-13-9-7-10-14-28/h7-27H,1-6H3. The van der Waals surface area contributed by atoms with Gasteiger partial charge in [-0.05, 0) is 87.7 Å². The van der Waals surface area contributed by atoms with Crippen molar-refractivity contribution in [1.82, 2.24) is 0 Å². The molecule has 0 atom stereocenters. The number of fused-ring (bicyclic) bond motifs is 7. The molecular weight excluding hydrogens is 591 g/mol. The van der Waals surface area contributed by atoms with Crippen LogP contribution in [0.5, 0.6) is 0 Å². The third-order valence-electron chi connectivity index (χ3n) is 9.38. The van der Waals surface area contributed by atoms with Gasteiger partial charge in [-0.1, -0.05) is 114 Å². The van der Waals surface area contributed by atoms with Gasteiger partial charge in [0, 0.05) is 37.6 Å². The topological polar surface area (TPSA) is 16.4 Å². The molecule has 0 aliphatic heterocycles. The second-order valence-electron chi connectivity index (χ2n) is 14.7. The molecule has 47 heavy (non-hydrogen) atoms. The maximum atomic E-state index is 6.76. The molecule has 0 amide bonds. The van der Waals surface area contributed by atoms with E-state index >= 15 is 0 Å². The first-order valence-corrected chi connectivity index (χ1v) is 17.2. The Labute approximate surface area is 280 Å². The highest BCUT2D eigenvalue weighted by Crippen LogP contribution is 2.50. The number of benzene rings is 6. The van der Waals surface area contributed by atoms with Gasteiger partial charge in [0.15, 0.2) is 5.58 Å². The summed E-state index contributed by atoms with van der Waals surface area (Å²) in [5, 5.41) is 4.82. The van der Waals surface area contributed by atoms with Crippen LogP contribution in [-0.4, -0.2) is 0 Å². The van der Waals surface area contributed by atoms with Crippen molar-refractivity contribution in [2.24, 2.45) is 0 Å². The summed E-state index contributed by atoms with van der Waals surface area (Å²) in [7, 11) is 0. The highest BCUT2D eigenvalue weighted by Gasteiger charge is 2.25. The largest absolute Gasteiger partial charge is 0.455 e. The highest BCUT2D eigenvalue weighted by molar-refractivity contribution is 7.26. The lowest BCUT2D eigenvalue weighted by Crippen LogP contribution is -2.11. The second kappa shape index (κ2) is 10.9. The van der Waals surface area contributed by atoms with Crippen LogP contribution in [0.2, 0.25) is 0 Å². The molecule has 0 aliphatic carbocycles. The number of para-hydroxylation sites is 1. The van der Waals surface area contributed by atoms with E-state index in [4.69, 9.17) is 4.42 Å². The van der Waals surface area contributed by atoms with Crippen LogP contribution < -0.4 is 4.90 Å². The van der Waals surface area contributed by atoms with Crippen LogP contribution in [0.15, 0.2) is 132 Å². The molecule has 2 aromatic heterocycles. The molecule has 2 nitrogen and oxygen atoms in total. The van der Waals surface area contributed by atoms with Crippen LogP contribution in [0.1, 0.15) is 52.7 Å². The first kappa shape index (κ1) is 29.5. The van der Waals surface area contributed by atoms with Crippen LogP contribution in [0.4, 0.5) is 17.1 Å². The molecule has 0 fully saturated rings. The molecule has 232 valence electrons. The van der Waals surface area contributed by atoms with E-state index in [1.807, 2.05) is 11.3 Å². The Morgan fingerprint density at radius 3 is 1.77 bits per heavy atom. The summed E-state index contributed by atoms with van der Waals surface area (Å²) in [6.07, 6.45) is 0. The summed E-state index contributed by atoms with van der Waals surface area (Å²) in [4.78, 5) is 2.43. The minimum Gasteiger partial charge on any atom is -0.455 e. The van der Waals surface area contributed by atoms with E-state index in [-0.39, 0.29) is 10.8 Å². The van der Waals surface area contributed by atoms with E-state index in [1.54, 1.807) is 0 Å². The summed E-state index contributed by atoms with van der Waals surface area (Å²) in [5.41, 5.74) is 10.4. The Hall–Kier alpha value is -4.86. The predicted molar refractivity (Wildman–Crippen MR) is 204 cm³/mol. The molecule has 0 spiro atoms. The first-order valence-electron chi connectivity index (χ1n) is 16.4. The Balaban J connectivity index is 1.47. The number of furan rings is 1. The highest BCUT2D eigenvalue weighted by atomic mass is 32.1. The number of rotatable bonds is 4. The molecule has 0 radical (unpaired) electrons. The third kappa shape index (κ3) is 5.10. The average Bonchev–Trinajstić information content (AvgIpc) is 3.63. The molecule has 0 unspecified atom stereocenters. The van der Waals surface area contributed by atoms with Crippen molar-refractivity contribution in [2.75, 3.05) is 4.90 Å². The fourth-order valence-corrected chi connectivity index (χ4v) is 7.88. The van der Waals surface area contributed by atoms with Crippen molar-refractivity contribution in [2.45, 2.75) is 52.4 Å². The van der Waals surface area contributed by atoms with E-state index < -0.39 is 0 Å². The number of nitrogens with zero attached hydrogens (tertiary/aromatic N) is 1. The summed E-state index contributed by atoms with van der Waals surface area (Å²) < 4.78 is 9.22. The Kier molecular flexibility index (Phi) is 6.82. The summed E-state index contributed by atoms with van der Waals surface area (Å²) in [5.74, 6) is 0. The maximum absolute atomic E-state index is 6.76. The normalized spacial score (nSPS) is 12.5. The summed E-state index contributed by atoms with van der Waals surface area (Å²) in [6, 6.07) is 46.4. The lowest BCUT2D eigenvalue weighted by Gasteiger charge is -2.27. The van der Waals surface area contributed by atoms with Crippen molar-refractivity contribution in [3.63, 3.8) is 0 Å². The molecular formula is C44H39NOS. The molecule has 6 aromatic carbocycles. The van der Waals surface area contributed by atoms with Gasteiger partial charge >= 0.3 is 0 Å². The quantitative estimate of drug-likeness (QED) is 0.193. The van der Waals surface area contributed by atoms with Gasteiger partial charge in [-0.25, -0.2) is 0 Å². The van der Waals surface area contributed by atoms with E-state index in [9.17, 15) is 0 Å². The second-order valence-corrected chi connectivity index (χ2v) is 15.7. The van der Waals surface area contributed by atoms with Gasteiger partial charge < -0.3 is 9.32 Å². The minimum atomic E-state index is 0.0296. The molecule has 0 aliphatic rings. The monoisotopic (exact) mass is 629 g/mol. The Morgan fingerprint density at radius 2 is 1.11 bits per heavy atom. The number of anilines is 3. The van der Waals surface area contributed by atoms with Crippen LogP contribution >= 0.6 is 11.3 Å². The Bertz CT molecular complexity index is 2400.